The Morgan fingerprint density at radius 1 is 1.36 bits per heavy atom. The molecule has 10 heteroatoms. The molecular formula is C18H15N3O6S. The quantitative estimate of drug-likeness (QED) is 0.349. The number of non-ortho nitro benzene ring substituents is 1. The number of benzene rings is 1. The van der Waals surface area contributed by atoms with E-state index < -0.39 is 26.7 Å². The minimum Gasteiger partial charge on any atom is -0.457 e. The van der Waals surface area contributed by atoms with Gasteiger partial charge in [0.25, 0.3) is 11.6 Å². The fraction of sp³-hybridized carbons (Fsp3) is 0.222. The molecule has 1 fully saturated rings. The van der Waals surface area contributed by atoms with Crippen molar-refractivity contribution in [3.8, 4) is 17.4 Å². The van der Waals surface area contributed by atoms with Crippen LogP contribution in [0.1, 0.15) is 12.2 Å². The fourth-order valence-electron chi connectivity index (χ4n) is 2.82. The van der Waals surface area contributed by atoms with Crippen molar-refractivity contribution < 1.29 is 22.6 Å². The summed E-state index contributed by atoms with van der Waals surface area (Å²) in [6.07, 6.45) is 1.55. The first-order valence-electron chi connectivity index (χ1n) is 8.25. The first-order chi connectivity index (χ1) is 13.3. The summed E-state index contributed by atoms with van der Waals surface area (Å²) in [4.78, 5) is 22.6. The Balaban J connectivity index is 1.77. The SMILES string of the molecule is N#C/C(=C\c1ccc(-c2cccc([N+](=O)[O-])c2)o1)C(=O)N[C@@H]1CCS(=O)(=O)C1. The maximum atomic E-state index is 12.2. The van der Waals surface area contributed by atoms with Crippen molar-refractivity contribution in [2.24, 2.45) is 0 Å². The second-order valence-electron chi connectivity index (χ2n) is 6.25. The third-order valence-electron chi connectivity index (χ3n) is 4.19. The predicted molar refractivity (Wildman–Crippen MR) is 99.6 cm³/mol. The number of nitro groups is 1. The van der Waals surface area contributed by atoms with E-state index in [1.807, 2.05) is 0 Å². The standard InChI is InChI=1S/C18H15N3O6S/c19-10-13(18(22)20-14-6-7-28(25,26)11-14)9-16-4-5-17(27-16)12-2-1-3-15(8-12)21(23)24/h1-5,8-9,14H,6-7,11H2,(H,20,22)/b13-9+/t14-/m1/s1. The lowest BCUT2D eigenvalue weighted by Gasteiger charge is -2.09. The van der Waals surface area contributed by atoms with Gasteiger partial charge in [-0.2, -0.15) is 5.26 Å². The summed E-state index contributed by atoms with van der Waals surface area (Å²) in [6.45, 7) is 0. The number of carbonyl (C=O) groups is 1. The molecule has 0 radical (unpaired) electrons. The topological polar surface area (TPSA) is 143 Å². The predicted octanol–water partition coefficient (Wildman–Crippen LogP) is 2.07. The van der Waals surface area contributed by atoms with Gasteiger partial charge in [-0.15, -0.1) is 0 Å². The van der Waals surface area contributed by atoms with Crippen LogP contribution >= 0.6 is 0 Å². The van der Waals surface area contributed by atoms with Crippen molar-refractivity contribution in [1.82, 2.24) is 5.32 Å². The lowest BCUT2D eigenvalue weighted by Crippen LogP contribution is -2.36. The fourth-order valence-corrected chi connectivity index (χ4v) is 4.49. The highest BCUT2D eigenvalue weighted by molar-refractivity contribution is 7.91. The molecule has 3 rings (SSSR count). The molecular weight excluding hydrogens is 386 g/mol. The van der Waals surface area contributed by atoms with Crippen LogP contribution in [-0.4, -0.2) is 36.8 Å². The molecule has 28 heavy (non-hydrogen) atoms. The van der Waals surface area contributed by atoms with Gasteiger partial charge in [0.15, 0.2) is 9.84 Å². The largest absolute Gasteiger partial charge is 0.457 e. The monoisotopic (exact) mass is 401 g/mol. The maximum Gasteiger partial charge on any atom is 0.270 e. The number of hydrogen-bond acceptors (Lipinski definition) is 7. The van der Waals surface area contributed by atoms with Gasteiger partial charge in [0, 0.05) is 29.8 Å². The van der Waals surface area contributed by atoms with Gasteiger partial charge in [-0.1, -0.05) is 12.1 Å². The lowest BCUT2D eigenvalue weighted by molar-refractivity contribution is -0.384. The number of carbonyl (C=O) groups excluding carboxylic acids is 1. The van der Waals surface area contributed by atoms with E-state index in [-0.39, 0.29) is 28.5 Å². The average molecular weight is 401 g/mol. The molecule has 1 aliphatic rings. The van der Waals surface area contributed by atoms with Crippen LogP contribution in [0.15, 0.2) is 46.4 Å². The van der Waals surface area contributed by atoms with Crippen LogP contribution in [0.2, 0.25) is 0 Å². The van der Waals surface area contributed by atoms with Crippen LogP contribution in [0.5, 0.6) is 0 Å². The molecule has 2 heterocycles. The number of rotatable bonds is 5. The molecule has 0 aliphatic carbocycles. The van der Waals surface area contributed by atoms with Gasteiger partial charge in [-0.05, 0) is 18.6 Å². The van der Waals surface area contributed by atoms with E-state index in [1.54, 1.807) is 18.2 Å². The minimum absolute atomic E-state index is 0.00824. The highest BCUT2D eigenvalue weighted by Gasteiger charge is 2.29. The van der Waals surface area contributed by atoms with Crippen LogP contribution in [0.4, 0.5) is 5.69 Å². The molecule has 0 saturated carbocycles. The summed E-state index contributed by atoms with van der Waals surface area (Å²) in [5.41, 5.74) is 0.159. The summed E-state index contributed by atoms with van der Waals surface area (Å²) in [6, 6.07) is 10.2. The van der Waals surface area contributed by atoms with E-state index >= 15 is 0 Å². The summed E-state index contributed by atoms with van der Waals surface area (Å²) in [5.74, 6) is -0.261. The van der Waals surface area contributed by atoms with Crippen LogP contribution in [0.3, 0.4) is 0 Å². The molecule has 144 valence electrons. The first-order valence-corrected chi connectivity index (χ1v) is 10.1. The third-order valence-corrected chi connectivity index (χ3v) is 5.96. The van der Waals surface area contributed by atoms with E-state index in [2.05, 4.69) is 5.32 Å². The van der Waals surface area contributed by atoms with Crippen molar-refractivity contribution in [2.45, 2.75) is 12.5 Å². The average Bonchev–Trinajstić information content (AvgIpc) is 3.25. The lowest BCUT2D eigenvalue weighted by atomic mass is 10.1. The number of nitriles is 1. The maximum absolute atomic E-state index is 12.2. The van der Waals surface area contributed by atoms with Gasteiger partial charge >= 0.3 is 0 Å². The molecule has 0 spiro atoms. The Bertz CT molecular complexity index is 1110. The number of amides is 1. The second kappa shape index (κ2) is 7.66. The zero-order chi connectivity index (χ0) is 20.3. The van der Waals surface area contributed by atoms with Gasteiger partial charge in [0.2, 0.25) is 0 Å². The molecule has 0 bridgehead atoms. The summed E-state index contributed by atoms with van der Waals surface area (Å²) in [7, 11) is -3.15. The van der Waals surface area contributed by atoms with Crippen LogP contribution < -0.4 is 5.32 Å². The van der Waals surface area contributed by atoms with E-state index in [0.717, 1.165) is 0 Å². The van der Waals surface area contributed by atoms with Gasteiger partial charge in [0.1, 0.15) is 23.2 Å². The highest BCUT2D eigenvalue weighted by atomic mass is 32.2. The van der Waals surface area contributed by atoms with Gasteiger partial charge in [-0.3, -0.25) is 14.9 Å². The number of sulfone groups is 1. The van der Waals surface area contributed by atoms with Crippen molar-refractivity contribution >= 4 is 27.5 Å². The summed E-state index contributed by atoms with van der Waals surface area (Å²) >= 11 is 0. The van der Waals surface area contributed by atoms with E-state index in [0.29, 0.717) is 17.7 Å². The number of nitrogens with zero attached hydrogens (tertiary/aromatic N) is 2. The van der Waals surface area contributed by atoms with Crippen molar-refractivity contribution in [1.29, 1.82) is 5.26 Å². The number of nitro benzene ring substituents is 1. The van der Waals surface area contributed by atoms with E-state index in [1.165, 1.54) is 30.3 Å². The van der Waals surface area contributed by atoms with Gasteiger partial charge in [0.05, 0.1) is 16.4 Å². The molecule has 9 nitrogen and oxygen atoms in total. The second-order valence-corrected chi connectivity index (χ2v) is 8.48. The normalized spacial score (nSPS) is 18.4. The highest BCUT2D eigenvalue weighted by Crippen LogP contribution is 2.26. The zero-order valence-corrected chi connectivity index (χ0v) is 15.3. The minimum atomic E-state index is -3.15. The Kier molecular flexibility index (Phi) is 5.28. The van der Waals surface area contributed by atoms with E-state index in [9.17, 15) is 28.6 Å². The molecule has 1 aromatic heterocycles. The van der Waals surface area contributed by atoms with Crippen LogP contribution in [-0.2, 0) is 14.6 Å². The van der Waals surface area contributed by atoms with Gasteiger partial charge < -0.3 is 9.73 Å². The summed E-state index contributed by atoms with van der Waals surface area (Å²) < 4.78 is 28.5. The van der Waals surface area contributed by atoms with E-state index in [4.69, 9.17) is 4.42 Å². The van der Waals surface area contributed by atoms with Crippen molar-refractivity contribution in [3.05, 3.63) is 57.8 Å². The van der Waals surface area contributed by atoms with Crippen molar-refractivity contribution in [2.75, 3.05) is 11.5 Å². The van der Waals surface area contributed by atoms with Gasteiger partial charge in [-0.25, -0.2) is 8.42 Å². The Morgan fingerprint density at radius 2 is 2.14 bits per heavy atom. The molecule has 1 amide bonds. The molecule has 0 unspecified atom stereocenters. The number of hydrogen-bond donors (Lipinski definition) is 1. The molecule has 1 N–H and O–H groups in total. The van der Waals surface area contributed by atoms with Crippen LogP contribution in [0.25, 0.3) is 17.4 Å². The Morgan fingerprint density at radius 3 is 2.79 bits per heavy atom. The molecule has 1 aromatic carbocycles. The third kappa shape index (κ3) is 4.44. The Hall–Kier alpha value is -3.45. The molecule has 2 aromatic rings. The first kappa shape index (κ1) is 19.3. The smallest absolute Gasteiger partial charge is 0.270 e. The van der Waals surface area contributed by atoms with Crippen LogP contribution in [0, 0.1) is 21.4 Å². The summed E-state index contributed by atoms with van der Waals surface area (Å²) in [5, 5.41) is 22.7. The zero-order valence-electron chi connectivity index (χ0n) is 14.5. The van der Waals surface area contributed by atoms with Crippen molar-refractivity contribution in [3.63, 3.8) is 0 Å². The molecule has 1 atom stereocenters. The number of nitrogens with one attached hydrogen (secondary N) is 1. The number of furan rings is 1. The Labute approximate surface area is 160 Å². The molecule has 1 saturated heterocycles. The molecule has 1 aliphatic heterocycles.